The first-order valence-corrected chi connectivity index (χ1v) is 4.28. The Morgan fingerprint density at radius 3 is 3.00 bits per heavy atom. The fourth-order valence-corrected chi connectivity index (χ4v) is 2.02. The molecule has 2 rings (SSSR count). The van der Waals surface area contributed by atoms with Gasteiger partial charge in [0.25, 0.3) is 0 Å². The molecule has 0 bridgehead atoms. The molecule has 0 aliphatic carbocycles. The van der Waals surface area contributed by atoms with Gasteiger partial charge in [-0.15, -0.1) is 0 Å². The molecule has 1 atom stereocenters. The number of hydrogen-bond acceptors (Lipinski definition) is 2. The molecule has 11 heavy (non-hydrogen) atoms. The quantitative estimate of drug-likeness (QED) is 0.487. The largest absolute Gasteiger partial charge is 0.343 e. The Kier molecular flexibility index (Phi) is 1.60. The minimum absolute atomic E-state index is 0.230. The zero-order chi connectivity index (χ0) is 7.84. The van der Waals surface area contributed by atoms with Crippen molar-refractivity contribution in [1.82, 2.24) is 9.80 Å². The van der Waals surface area contributed by atoms with Crippen LogP contribution in [-0.4, -0.2) is 48.4 Å². The van der Waals surface area contributed by atoms with Crippen LogP contribution < -0.4 is 0 Å². The fraction of sp³-hybridized carbons (Fsp3) is 0.875. The van der Waals surface area contributed by atoms with Gasteiger partial charge in [-0.3, -0.25) is 9.69 Å². The number of hydrogen-bond donors (Lipinski definition) is 0. The number of fused-ring (bicyclic) bond motifs is 1. The highest BCUT2D eigenvalue weighted by atomic mass is 16.2. The Labute approximate surface area is 67.0 Å². The third kappa shape index (κ3) is 1.03. The van der Waals surface area contributed by atoms with Gasteiger partial charge >= 0.3 is 0 Å². The maximum absolute atomic E-state index is 11.5. The second-order valence-corrected chi connectivity index (χ2v) is 3.45. The molecule has 3 nitrogen and oxygen atoms in total. The molecule has 3 heteroatoms. The van der Waals surface area contributed by atoms with Gasteiger partial charge in [0.05, 0.1) is 6.04 Å². The normalized spacial score (nSPS) is 32.6. The summed E-state index contributed by atoms with van der Waals surface area (Å²) < 4.78 is 0. The zero-order valence-corrected chi connectivity index (χ0v) is 6.92. The van der Waals surface area contributed by atoms with Crippen molar-refractivity contribution in [2.75, 3.05) is 26.7 Å². The molecule has 2 heterocycles. The number of piperazine rings is 1. The summed E-state index contributed by atoms with van der Waals surface area (Å²) in [7, 11) is 1.90. The minimum Gasteiger partial charge on any atom is -0.343 e. The summed E-state index contributed by atoms with van der Waals surface area (Å²) in [4.78, 5) is 15.7. The van der Waals surface area contributed by atoms with E-state index >= 15 is 0 Å². The Hall–Kier alpha value is -0.570. The molecule has 0 saturated carbocycles. The summed E-state index contributed by atoms with van der Waals surface area (Å²) in [5.74, 6) is 0.328. The predicted octanol–water partition coefficient (Wildman–Crippen LogP) is -0.0772. The van der Waals surface area contributed by atoms with Crippen molar-refractivity contribution in [2.24, 2.45) is 0 Å². The van der Waals surface area contributed by atoms with Crippen LogP contribution in [0.3, 0.4) is 0 Å². The molecule has 1 amide bonds. The summed E-state index contributed by atoms with van der Waals surface area (Å²) in [6, 6.07) is 0.230. The van der Waals surface area contributed by atoms with Crippen LogP contribution in [0.4, 0.5) is 0 Å². The molecule has 2 fully saturated rings. The predicted molar refractivity (Wildman–Crippen MR) is 42.2 cm³/mol. The van der Waals surface area contributed by atoms with Crippen molar-refractivity contribution in [2.45, 2.75) is 18.9 Å². The lowest BCUT2D eigenvalue weighted by Crippen LogP contribution is -2.52. The molecule has 2 aliphatic heterocycles. The first-order valence-electron chi connectivity index (χ1n) is 4.28. The fourth-order valence-electron chi connectivity index (χ4n) is 2.02. The zero-order valence-electron chi connectivity index (χ0n) is 6.92. The topological polar surface area (TPSA) is 23.6 Å². The lowest BCUT2D eigenvalue weighted by atomic mass is 10.1. The number of likely N-dealkylation sites (N-methyl/N-ethyl adjacent to an activating group) is 1. The molecule has 2 aliphatic rings. The van der Waals surface area contributed by atoms with Gasteiger partial charge in [-0.1, -0.05) is 0 Å². The second kappa shape index (κ2) is 2.48. The van der Waals surface area contributed by atoms with E-state index in [0.29, 0.717) is 5.91 Å². The highest BCUT2D eigenvalue weighted by molar-refractivity contribution is 5.82. The number of nitrogens with zero attached hydrogens (tertiary/aromatic N) is 2. The van der Waals surface area contributed by atoms with E-state index in [1.807, 2.05) is 11.9 Å². The maximum atomic E-state index is 11.5. The van der Waals surface area contributed by atoms with Gasteiger partial charge in [-0.2, -0.15) is 0 Å². The molecule has 0 aromatic heterocycles. The SMILES string of the molecule is CN1CCN2CCC[C@H]2C1=O. The standard InChI is InChI=1S/C8H14N2O/c1-9-5-6-10-4-2-3-7(10)8(9)11/h7H,2-6H2,1H3/t7-/m0/s1. The lowest BCUT2D eigenvalue weighted by molar-refractivity contribution is -0.138. The van der Waals surface area contributed by atoms with Crippen molar-refractivity contribution in [3.63, 3.8) is 0 Å². The van der Waals surface area contributed by atoms with Crippen molar-refractivity contribution in [3.05, 3.63) is 0 Å². The van der Waals surface area contributed by atoms with Gasteiger partial charge in [-0.25, -0.2) is 0 Å². The average Bonchev–Trinajstić information content (AvgIpc) is 2.45. The van der Waals surface area contributed by atoms with E-state index in [2.05, 4.69) is 4.90 Å². The highest BCUT2D eigenvalue weighted by Gasteiger charge is 2.35. The Morgan fingerprint density at radius 2 is 2.18 bits per heavy atom. The maximum Gasteiger partial charge on any atom is 0.239 e. The molecule has 0 aromatic carbocycles. The van der Waals surface area contributed by atoms with Gasteiger partial charge in [0, 0.05) is 20.1 Å². The van der Waals surface area contributed by atoms with E-state index in [-0.39, 0.29) is 6.04 Å². The van der Waals surface area contributed by atoms with Crippen LogP contribution in [0.15, 0.2) is 0 Å². The van der Waals surface area contributed by atoms with Gasteiger partial charge in [0.2, 0.25) is 5.91 Å². The van der Waals surface area contributed by atoms with Crippen LogP contribution in [0.1, 0.15) is 12.8 Å². The Balaban J connectivity index is 2.12. The van der Waals surface area contributed by atoms with E-state index in [0.717, 1.165) is 26.1 Å². The number of rotatable bonds is 0. The Morgan fingerprint density at radius 1 is 1.36 bits per heavy atom. The van der Waals surface area contributed by atoms with E-state index < -0.39 is 0 Å². The van der Waals surface area contributed by atoms with Crippen molar-refractivity contribution in [3.8, 4) is 0 Å². The van der Waals surface area contributed by atoms with Gasteiger partial charge in [0.1, 0.15) is 0 Å². The van der Waals surface area contributed by atoms with E-state index in [9.17, 15) is 4.79 Å². The molecule has 0 aromatic rings. The van der Waals surface area contributed by atoms with Gasteiger partial charge < -0.3 is 4.90 Å². The monoisotopic (exact) mass is 154 g/mol. The highest BCUT2D eigenvalue weighted by Crippen LogP contribution is 2.21. The molecule has 0 radical (unpaired) electrons. The van der Waals surface area contributed by atoms with Gasteiger partial charge in [0.15, 0.2) is 0 Å². The van der Waals surface area contributed by atoms with Crippen LogP contribution >= 0.6 is 0 Å². The summed E-state index contributed by atoms with van der Waals surface area (Å²) in [6.45, 7) is 3.12. The van der Waals surface area contributed by atoms with Crippen molar-refractivity contribution < 1.29 is 4.79 Å². The molecular formula is C8H14N2O. The second-order valence-electron chi connectivity index (χ2n) is 3.45. The summed E-state index contributed by atoms with van der Waals surface area (Å²) in [6.07, 6.45) is 2.27. The molecular weight excluding hydrogens is 140 g/mol. The van der Waals surface area contributed by atoms with Crippen LogP contribution in [-0.2, 0) is 4.79 Å². The first-order chi connectivity index (χ1) is 5.29. The summed E-state index contributed by atoms with van der Waals surface area (Å²) in [5.41, 5.74) is 0. The Bertz CT molecular complexity index is 181. The molecule has 0 spiro atoms. The third-order valence-corrected chi connectivity index (χ3v) is 2.75. The number of carbonyl (C=O) groups is 1. The lowest BCUT2D eigenvalue weighted by Gasteiger charge is -2.34. The first kappa shape index (κ1) is 7.10. The van der Waals surface area contributed by atoms with Crippen LogP contribution in [0.2, 0.25) is 0 Å². The number of amides is 1. The average molecular weight is 154 g/mol. The smallest absolute Gasteiger partial charge is 0.239 e. The molecule has 2 saturated heterocycles. The van der Waals surface area contributed by atoms with E-state index in [4.69, 9.17) is 0 Å². The molecule has 0 N–H and O–H groups in total. The van der Waals surface area contributed by atoms with Crippen LogP contribution in [0.25, 0.3) is 0 Å². The van der Waals surface area contributed by atoms with Gasteiger partial charge in [-0.05, 0) is 19.4 Å². The third-order valence-electron chi connectivity index (χ3n) is 2.75. The number of carbonyl (C=O) groups excluding carboxylic acids is 1. The van der Waals surface area contributed by atoms with Crippen LogP contribution in [0, 0.1) is 0 Å². The van der Waals surface area contributed by atoms with Crippen molar-refractivity contribution >= 4 is 5.91 Å². The van der Waals surface area contributed by atoms with E-state index in [1.165, 1.54) is 6.42 Å². The van der Waals surface area contributed by atoms with Crippen molar-refractivity contribution in [1.29, 1.82) is 0 Å². The summed E-state index contributed by atoms with van der Waals surface area (Å²) in [5, 5.41) is 0. The minimum atomic E-state index is 0.230. The van der Waals surface area contributed by atoms with E-state index in [1.54, 1.807) is 0 Å². The molecule has 62 valence electrons. The summed E-state index contributed by atoms with van der Waals surface area (Å²) >= 11 is 0. The van der Waals surface area contributed by atoms with Crippen LogP contribution in [0.5, 0.6) is 0 Å². The molecule has 0 unspecified atom stereocenters.